The van der Waals surface area contributed by atoms with Crippen LogP contribution in [-0.4, -0.2) is 35.4 Å². The number of rotatable bonds is 4. The molecule has 0 spiro atoms. The number of amides is 1. The molecule has 6 heteroatoms. The van der Waals surface area contributed by atoms with Gasteiger partial charge in [-0.3, -0.25) is 19.8 Å². The molecule has 0 radical (unpaired) electrons. The third kappa shape index (κ3) is 4.01. The zero-order chi connectivity index (χ0) is 15.4. The average molecular weight is 291 g/mol. The summed E-state index contributed by atoms with van der Waals surface area (Å²) in [4.78, 5) is 24.7. The van der Waals surface area contributed by atoms with Gasteiger partial charge in [-0.1, -0.05) is 13.0 Å². The first-order valence-corrected chi connectivity index (χ1v) is 7.23. The van der Waals surface area contributed by atoms with E-state index in [0.717, 1.165) is 31.8 Å². The van der Waals surface area contributed by atoms with Gasteiger partial charge in [0, 0.05) is 6.07 Å². The van der Waals surface area contributed by atoms with Gasteiger partial charge in [0.15, 0.2) is 0 Å². The third-order valence-electron chi connectivity index (χ3n) is 4.02. The largest absolute Gasteiger partial charge is 0.324 e. The summed E-state index contributed by atoms with van der Waals surface area (Å²) in [5.41, 5.74) is 1.03. The first-order chi connectivity index (χ1) is 9.97. The number of nitro groups is 1. The Morgan fingerprint density at radius 3 is 2.71 bits per heavy atom. The predicted octanol–water partition coefficient (Wildman–Crippen LogP) is 2.57. The summed E-state index contributed by atoms with van der Waals surface area (Å²) in [7, 11) is 0. The van der Waals surface area contributed by atoms with Crippen molar-refractivity contribution in [3.05, 3.63) is 33.9 Å². The molecule has 114 valence electrons. The van der Waals surface area contributed by atoms with Crippen molar-refractivity contribution in [2.75, 3.05) is 25.0 Å². The second-order valence-corrected chi connectivity index (χ2v) is 5.71. The summed E-state index contributed by atoms with van der Waals surface area (Å²) >= 11 is 0. The highest BCUT2D eigenvalue weighted by molar-refractivity contribution is 5.93. The van der Waals surface area contributed by atoms with E-state index in [-0.39, 0.29) is 11.6 Å². The lowest BCUT2D eigenvalue weighted by atomic mass is 9.99. The molecule has 1 heterocycles. The Morgan fingerprint density at radius 2 is 2.10 bits per heavy atom. The molecule has 0 bridgehead atoms. The molecule has 1 aliphatic rings. The molecule has 21 heavy (non-hydrogen) atoms. The molecule has 1 amide bonds. The summed E-state index contributed by atoms with van der Waals surface area (Å²) in [5, 5.41) is 13.7. The van der Waals surface area contributed by atoms with Crippen LogP contribution in [0, 0.1) is 23.0 Å². The molecule has 1 saturated heterocycles. The Balaban J connectivity index is 1.97. The molecule has 1 fully saturated rings. The van der Waals surface area contributed by atoms with Crippen LogP contribution in [0.25, 0.3) is 0 Å². The zero-order valence-corrected chi connectivity index (χ0v) is 12.5. The third-order valence-corrected chi connectivity index (χ3v) is 4.02. The molecule has 1 aliphatic heterocycles. The number of nitrogens with zero attached hydrogens (tertiary/aromatic N) is 2. The minimum atomic E-state index is -0.434. The van der Waals surface area contributed by atoms with Crippen molar-refractivity contribution >= 4 is 17.3 Å². The highest BCUT2D eigenvalue weighted by atomic mass is 16.6. The topological polar surface area (TPSA) is 75.5 Å². The van der Waals surface area contributed by atoms with Crippen LogP contribution >= 0.6 is 0 Å². The zero-order valence-electron chi connectivity index (χ0n) is 12.5. The normalized spacial score (nSPS) is 16.7. The average Bonchev–Trinajstić information content (AvgIpc) is 2.43. The quantitative estimate of drug-likeness (QED) is 0.683. The van der Waals surface area contributed by atoms with E-state index in [0.29, 0.717) is 17.8 Å². The summed E-state index contributed by atoms with van der Waals surface area (Å²) < 4.78 is 0. The van der Waals surface area contributed by atoms with E-state index in [1.807, 2.05) is 0 Å². The van der Waals surface area contributed by atoms with Gasteiger partial charge in [0.25, 0.3) is 5.69 Å². The molecule has 0 atom stereocenters. The van der Waals surface area contributed by atoms with Crippen molar-refractivity contribution in [2.24, 2.45) is 5.92 Å². The fourth-order valence-corrected chi connectivity index (χ4v) is 2.57. The second kappa shape index (κ2) is 6.67. The van der Waals surface area contributed by atoms with Crippen molar-refractivity contribution in [2.45, 2.75) is 26.7 Å². The maximum atomic E-state index is 12.1. The molecule has 1 aromatic rings. The Labute approximate surface area is 124 Å². The SMILES string of the molecule is Cc1c(NC(=O)CN2CCC(C)CC2)cccc1[N+](=O)[O-]. The lowest BCUT2D eigenvalue weighted by Gasteiger charge is -2.29. The number of anilines is 1. The summed E-state index contributed by atoms with van der Waals surface area (Å²) in [6.45, 7) is 6.08. The number of benzene rings is 1. The van der Waals surface area contributed by atoms with E-state index >= 15 is 0 Å². The monoisotopic (exact) mass is 291 g/mol. The number of hydrogen-bond acceptors (Lipinski definition) is 4. The van der Waals surface area contributed by atoms with Gasteiger partial charge in [-0.05, 0) is 44.8 Å². The van der Waals surface area contributed by atoms with E-state index in [9.17, 15) is 14.9 Å². The first kappa shape index (κ1) is 15.4. The van der Waals surface area contributed by atoms with Crippen molar-refractivity contribution in [1.82, 2.24) is 4.90 Å². The number of hydrogen-bond donors (Lipinski definition) is 1. The van der Waals surface area contributed by atoms with Gasteiger partial charge in [0.2, 0.25) is 5.91 Å². The predicted molar refractivity (Wildman–Crippen MR) is 81.3 cm³/mol. The number of carbonyl (C=O) groups excluding carboxylic acids is 1. The van der Waals surface area contributed by atoms with E-state index in [2.05, 4.69) is 17.1 Å². The molecule has 1 aromatic carbocycles. The lowest BCUT2D eigenvalue weighted by molar-refractivity contribution is -0.385. The molecule has 1 N–H and O–H groups in total. The van der Waals surface area contributed by atoms with Crippen LogP contribution in [-0.2, 0) is 4.79 Å². The number of likely N-dealkylation sites (tertiary alicyclic amines) is 1. The van der Waals surface area contributed by atoms with Gasteiger partial charge in [-0.2, -0.15) is 0 Å². The van der Waals surface area contributed by atoms with E-state index in [1.54, 1.807) is 19.1 Å². The fourth-order valence-electron chi connectivity index (χ4n) is 2.57. The molecule has 0 aliphatic carbocycles. The highest BCUT2D eigenvalue weighted by Crippen LogP contribution is 2.25. The molecule has 0 aromatic heterocycles. The van der Waals surface area contributed by atoms with Crippen LogP contribution < -0.4 is 5.32 Å². The second-order valence-electron chi connectivity index (χ2n) is 5.71. The van der Waals surface area contributed by atoms with Crippen LogP contribution in [0.5, 0.6) is 0 Å². The number of piperidine rings is 1. The molecular weight excluding hydrogens is 270 g/mol. The van der Waals surface area contributed by atoms with Crippen molar-refractivity contribution in [1.29, 1.82) is 0 Å². The summed E-state index contributed by atoms with van der Waals surface area (Å²) in [5.74, 6) is 0.608. The smallest absolute Gasteiger partial charge is 0.274 e. The van der Waals surface area contributed by atoms with Crippen molar-refractivity contribution < 1.29 is 9.72 Å². The van der Waals surface area contributed by atoms with E-state index in [4.69, 9.17) is 0 Å². The van der Waals surface area contributed by atoms with Gasteiger partial charge in [0.05, 0.1) is 22.7 Å². The standard InChI is InChI=1S/C15H21N3O3/c1-11-6-8-17(9-7-11)10-15(19)16-13-4-3-5-14(12(13)2)18(20)21/h3-5,11H,6-10H2,1-2H3,(H,16,19). The Hall–Kier alpha value is -1.95. The number of carbonyl (C=O) groups is 1. The van der Waals surface area contributed by atoms with Gasteiger partial charge in [-0.15, -0.1) is 0 Å². The van der Waals surface area contributed by atoms with E-state index in [1.165, 1.54) is 6.07 Å². The molecule has 2 rings (SSSR count). The minimum Gasteiger partial charge on any atom is -0.324 e. The summed E-state index contributed by atoms with van der Waals surface area (Å²) in [6, 6.07) is 4.72. The van der Waals surface area contributed by atoms with Crippen LogP contribution in [0.3, 0.4) is 0 Å². The van der Waals surface area contributed by atoms with Crippen LogP contribution in [0.4, 0.5) is 11.4 Å². The molecule has 0 unspecified atom stereocenters. The Morgan fingerprint density at radius 1 is 1.43 bits per heavy atom. The van der Waals surface area contributed by atoms with Gasteiger partial charge in [0.1, 0.15) is 0 Å². The Bertz CT molecular complexity index is 537. The van der Waals surface area contributed by atoms with Crippen molar-refractivity contribution in [3.63, 3.8) is 0 Å². The van der Waals surface area contributed by atoms with E-state index < -0.39 is 4.92 Å². The lowest BCUT2D eigenvalue weighted by Crippen LogP contribution is -2.38. The highest BCUT2D eigenvalue weighted by Gasteiger charge is 2.19. The fraction of sp³-hybridized carbons (Fsp3) is 0.533. The minimum absolute atomic E-state index is 0.0274. The summed E-state index contributed by atoms with van der Waals surface area (Å²) in [6.07, 6.45) is 2.23. The molecule has 0 saturated carbocycles. The Kier molecular flexibility index (Phi) is 4.90. The van der Waals surface area contributed by atoms with Crippen LogP contribution in [0.2, 0.25) is 0 Å². The first-order valence-electron chi connectivity index (χ1n) is 7.23. The number of nitro benzene ring substituents is 1. The number of nitrogens with one attached hydrogen (secondary N) is 1. The van der Waals surface area contributed by atoms with Crippen molar-refractivity contribution in [3.8, 4) is 0 Å². The van der Waals surface area contributed by atoms with Gasteiger partial charge >= 0.3 is 0 Å². The van der Waals surface area contributed by atoms with Gasteiger partial charge in [-0.25, -0.2) is 0 Å². The van der Waals surface area contributed by atoms with Gasteiger partial charge < -0.3 is 5.32 Å². The maximum Gasteiger partial charge on any atom is 0.274 e. The maximum absolute atomic E-state index is 12.1. The van der Waals surface area contributed by atoms with Crippen LogP contribution in [0.1, 0.15) is 25.3 Å². The molecular formula is C15H21N3O3. The molecule has 6 nitrogen and oxygen atoms in total. The van der Waals surface area contributed by atoms with Crippen LogP contribution in [0.15, 0.2) is 18.2 Å².